The van der Waals surface area contributed by atoms with Gasteiger partial charge in [-0.1, -0.05) is 15.9 Å². The molecule has 7 heteroatoms. The Hall–Kier alpha value is -1.37. The molecule has 1 N–H and O–H groups in total. The van der Waals surface area contributed by atoms with Crippen LogP contribution >= 0.6 is 15.9 Å². The number of halogens is 4. The van der Waals surface area contributed by atoms with E-state index in [0.29, 0.717) is 0 Å². The van der Waals surface area contributed by atoms with Crippen molar-refractivity contribution in [2.24, 2.45) is 0 Å². The van der Waals surface area contributed by atoms with Gasteiger partial charge in [-0.05, 0) is 31.2 Å². The maximum Gasteiger partial charge on any atom is 0.416 e. The van der Waals surface area contributed by atoms with Crippen LogP contribution < -0.4 is 5.32 Å². The lowest BCUT2D eigenvalue weighted by Gasteiger charge is -2.10. The molecular formula is C11H9BrF3NO2. The summed E-state index contributed by atoms with van der Waals surface area (Å²) in [6, 6.07) is 3.96. The van der Waals surface area contributed by atoms with E-state index in [0.717, 1.165) is 24.3 Å². The summed E-state index contributed by atoms with van der Waals surface area (Å²) in [5.41, 5.74) is -0.610. The Morgan fingerprint density at radius 3 is 2.11 bits per heavy atom. The Labute approximate surface area is 109 Å². The summed E-state index contributed by atoms with van der Waals surface area (Å²) < 4.78 is 36.8. The van der Waals surface area contributed by atoms with Gasteiger partial charge in [-0.15, -0.1) is 0 Å². The fraction of sp³-hybridized carbons (Fsp3) is 0.273. The zero-order valence-corrected chi connectivity index (χ0v) is 10.8. The van der Waals surface area contributed by atoms with Crippen LogP contribution in [-0.2, 0) is 15.8 Å². The third-order valence-electron chi connectivity index (χ3n) is 2.07. The van der Waals surface area contributed by atoms with E-state index in [2.05, 4.69) is 21.2 Å². The summed E-state index contributed by atoms with van der Waals surface area (Å²) in [6.07, 6.45) is -4.42. The number of benzene rings is 1. The summed E-state index contributed by atoms with van der Waals surface area (Å²) in [5, 5.41) is 2.33. The number of ketones is 1. The van der Waals surface area contributed by atoms with Gasteiger partial charge in [0.1, 0.15) is 0 Å². The van der Waals surface area contributed by atoms with Crippen LogP contribution in [0.1, 0.15) is 12.5 Å². The number of amides is 1. The molecule has 98 valence electrons. The van der Waals surface area contributed by atoms with E-state index < -0.39 is 22.5 Å². The molecular weight excluding hydrogens is 315 g/mol. The van der Waals surface area contributed by atoms with Crippen molar-refractivity contribution in [3.63, 3.8) is 0 Å². The normalized spacial score (nSPS) is 12.9. The first-order chi connectivity index (χ1) is 8.21. The maximum atomic E-state index is 12.3. The molecule has 1 unspecified atom stereocenters. The average Bonchev–Trinajstić information content (AvgIpc) is 2.27. The minimum Gasteiger partial charge on any atom is -0.325 e. The van der Waals surface area contributed by atoms with E-state index in [1.54, 1.807) is 0 Å². The molecule has 1 amide bonds. The highest BCUT2D eigenvalue weighted by atomic mass is 79.9. The number of hydrogen-bond donors (Lipinski definition) is 1. The number of anilines is 1. The predicted octanol–water partition coefficient (Wildman–Crippen LogP) is 3.00. The van der Waals surface area contributed by atoms with Gasteiger partial charge in [-0.2, -0.15) is 13.2 Å². The van der Waals surface area contributed by atoms with Gasteiger partial charge in [0.25, 0.3) is 0 Å². The molecule has 0 saturated carbocycles. The first kappa shape index (κ1) is 14.7. The average molecular weight is 324 g/mol. The summed E-state index contributed by atoms with van der Waals surface area (Å²) >= 11 is 2.87. The summed E-state index contributed by atoms with van der Waals surface area (Å²) in [7, 11) is 0. The monoisotopic (exact) mass is 323 g/mol. The SMILES string of the molecule is CC(=O)C(Br)C(=O)Nc1ccc(C(F)(F)F)cc1. The molecule has 0 heterocycles. The molecule has 3 nitrogen and oxygen atoms in total. The van der Waals surface area contributed by atoms with Crippen LogP contribution in [0.25, 0.3) is 0 Å². The Balaban J connectivity index is 2.76. The highest BCUT2D eigenvalue weighted by Gasteiger charge is 2.30. The Kier molecular flexibility index (Phi) is 4.50. The number of hydrogen-bond acceptors (Lipinski definition) is 2. The summed E-state index contributed by atoms with van der Waals surface area (Å²) in [6.45, 7) is 1.23. The lowest BCUT2D eigenvalue weighted by Crippen LogP contribution is -2.28. The first-order valence-corrected chi connectivity index (χ1v) is 5.76. The minimum atomic E-state index is -4.42. The summed E-state index contributed by atoms with van der Waals surface area (Å²) in [5.74, 6) is -1.01. The second-order valence-corrected chi connectivity index (χ2v) is 4.45. The second-order valence-electron chi connectivity index (χ2n) is 3.54. The fourth-order valence-corrected chi connectivity index (χ4v) is 1.25. The molecule has 18 heavy (non-hydrogen) atoms. The Morgan fingerprint density at radius 1 is 1.22 bits per heavy atom. The number of carbonyl (C=O) groups excluding carboxylic acids is 2. The van der Waals surface area contributed by atoms with Crippen molar-refractivity contribution in [1.29, 1.82) is 0 Å². The molecule has 0 fully saturated rings. The van der Waals surface area contributed by atoms with Gasteiger partial charge in [0, 0.05) is 5.69 Å². The molecule has 0 aromatic heterocycles. The number of rotatable bonds is 3. The lowest BCUT2D eigenvalue weighted by molar-refractivity contribution is -0.137. The van der Waals surface area contributed by atoms with E-state index >= 15 is 0 Å². The highest BCUT2D eigenvalue weighted by molar-refractivity contribution is 9.10. The summed E-state index contributed by atoms with van der Waals surface area (Å²) in [4.78, 5) is 21.3. The minimum absolute atomic E-state index is 0.193. The van der Waals surface area contributed by atoms with Crippen molar-refractivity contribution >= 4 is 33.3 Å². The van der Waals surface area contributed by atoms with E-state index in [-0.39, 0.29) is 11.5 Å². The van der Waals surface area contributed by atoms with Crippen molar-refractivity contribution in [3.8, 4) is 0 Å². The second kappa shape index (κ2) is 5.51. The third kappa shape index (κ3) is 3.83. The van der Waals surface area contributed by atoms with Crippen molar-refractivity contribution in [2.75, 3.05) is 5.32 Å². The first-order valence-electron chi connectivity index (χ1n) is 4.84. The van der Waals surface area contributed by atoms with Crippen molar-refractivity contribution in [3.05, 3.63) is 29.8 Å². The standard InChI is InChI=1S/C11H9BrF3NO2/c1-6(17)9(12)10(18)16-8-4-2-7(3-5-8)11(13,14)15/h2-5,9H,1H3,(H,16,18). The molecule has 1 aromatic rings. The topological polar surface area (TPSA) is 46.2 Å². The van der Waals surface area contributed by atoms with Crippen LogP contribution in [0.3, 0.4) is 0 Å². The van der Waals surface area contributed by atoms with Gasteiger partial charge in [-0.3, -0.25) is 9.59 Å². The highest BCUT2D eigenvalue weighted by Crippen LogP contribution is 2.29. The van der Waals surface area contributed by atoms with E-state index in [4.69, 9.17) is 0 Å². The number of Topliss-reactive ketones (excluding diaryl/α,β-unsaturated/α-hetero) is 1. The molecule has 0 saturated heterocycles. The third-order valence-corrected chi connectivity index (χ3v) is 3.13. The molecule has 0 radical (unpaired) electrons. The van der Waals surface area contributed by atoms with Gasteiger partial charge in [0.2, 0.25) is 5.91 Å². The van der Waals surface area contributed by atoms with Gasteiger partial charge in [0.15, 0.2) is 10.6 Å². The Morgan fingerprint density at radius 2 is 1.72 bits per heavy atom. The van der Waals surface area contributed by atoms with Crippen LogP contribution in [0.4, 0.5) is 18.9 Å². The van der Waals surface area contributed by atoms with Gasteiger partial charge < -0.3 is 5.32 Å². The molecule has 0 spiro atoms. The number of carbonyl (C=O) groups is 2. The van der Waals surface area contributed by atoms with Crippen molar-refractivity contribution in [1.82, 2.24) is 0 Å². The van der Waals surface area contributed by atoms with Crippen LogP contribution in [0.15, 0.2) is 24.3 Å². The zero-order valence-electron chi connectivity index (χ0n) is 9.22. The Bertz CT molecular complexity index is 456. The lowest BCUT2D eigenvalue weighted by atomic mass is 10.2. The quantitative estimate of drug-likeness (QED) is 0.686. The maximum absolute atomic E-state index is 12.3. The zero-order chi connectivity index (χ0) is 13.9. The molecule has 0 bridgehead atoms. The molecule has 1 aromatic carbocycles. The largest absolute Gasteiger partial charge is 0.416 e. The van der Waals surface area contributed by atoms with Crippen LogP contribution in [0.5, 0.6) is 0 Å². The van der Waals surface area contributed by atoms with Crippen LogP contribution in [-0.4, -0.2) is 16.5 Å². The van der Waals surface area contributed by atoms with Crippen molar-refractivity contribution in [2.45, 2.75) is 17.9 Å². The number of alkyl halides is 4. The fourth-order valence-electron chi connectivity index (χ4n) is 1.13. The van der Waals surface area contributed by atoms with Crippen LogP contribution in [0.2, 0.25) is 0 Å². The van der Waals surface area contributed by atoms with Gasteiger partial charge in [-0.25, -0.2) is 0 Å². The molecule has 0 aliphatic rings. The van der Waals surface area contributed by atoms with Gasteiger partial charge >= 0.3 is 6.18 Å². The number of nitrogens with one attached hydrogen (secondary N) is 1. The van der Waals surface area contributed by atoms with Crippen LogP contribution in [0, 0.1) is 0 Å². The predicted molar refractivity (Wildman–Crippen MR) is 63.5 cm³/mol. The van der Waals surface area contributed by atoms with E-state index in [9.17, 15) is 22.8 Å². The molecule has 0 aliphatic heterocycles. The molecule has 1 atom stereocenters. The van der Waals surface area contributed by atoms with Crippen molar-refractivity contribution < 1.29 is 22.8 Å². The van der Waals surface area contributed by atoms with E-state index in [1.165, 1.54) is 6.92 Å². The molecule has 1 rings (SSSR count). The van der Waals surface area contributed by atoms with Gasteiger partial charge in [0.05, 0.1) is 5.56 Å². The molecule has 0 aliphatic carbocycles. The van der Waals surface area contributed by atoms with E-state index in [1.807, 2.05) is 0 Å². The smallest absolute Gasteiger partial charge is 0.325 e.